The summed E-state index contributed by atoms with van der Waals surface area (Å²) in [5, 5.41) is 12.1. The fraction of sp³-hybridized carbons (Fsp3) is 0.158. The smallest absolute Gasteiger partial charge is 0.282 e. The Morgan fingerprint density at radius 2 is 1.72 bits per heavy atom. The second-order valence-electron chi connectivity index (χ2n) is 6.41. The third kappa shape index (κ3) is 3.78. The molecular weight excluding hydrogens is 423 g/mol. The first kappa shape index (κ1) is 20.7. The molecular formula is C19H19FN8O4. The van der Waals surface area contributed by atoms with E-state index in [1.807, 2.05) is 0 Å². The van der Waals surface area contributed by atoms with Crippen molar-refractivity contribution in [3.8, 4) is 40.2 Å². The SMILES string of the molecule is COc1cc(Nn2nc(N)c(-c3nc(-c4cc(N)ccc4F)no3)n2)cc(OC)c1OC. The lowest BCUT2D eigenvalue weighted by Crippen LogP contribution is -2.13. The molecule has 0 aliphatic carbocycles. The van der Waals surface area contributed by atoms with Crippen molar-refractivity contribution in [2.75, 3.05) is 38.2 Å². The van der Waals surface area contributed by atoms with E-state index in [1.54, 1.807) is 12.1 Å². The Labute approximate surface area is 180 Å². The van der Waals surface area contributed by atoms with Gasteiger partial charge in [0.15, 0.2) is 23.0 Å². The number of hydrogen-bond donors (Lipinski definition) is 3. The molecule has 0 radical (unpaired) electrons. The molecule has 12 nitrogen and oxygen atoms in total. The number of ether oxygens (including phenoxy) is 3. The maximum atomic E-state index is 14.1. The minimum atomic E-state index is -0.549. The van der Waals surface area contributed by atoms with Crippen LogP contribution >= 0.6 is 0 Å². The van der Waals surface area contributed by atoms with Gasteiger partial charge in [-0.3, -0.25) is 5.43 Å². The summed E-state index contributed by atoms with van der Waals surface area (Å²) in [6.07, 6.45) is 0. The highest BCUT2D eigenvalue weighted by Gasteiger charge is 2.21. The quantitative estimate of drug-likeness (QED) is 0.360. The van der Waals surface area contributed by atoms with Gasteiger partial charge >= 0.3 is 0 Å². The van der Waals surface area contributed by atoms with Crippen LogP contribution in [0.1, 0.15) is 0 Å². The Hall–Kier alpha value is -4.55. The first-order chi connectivity index (χ1) is 15.4. The summed E-state index contributed by atoms with van der Waals surface area (Å²) in [5.74, 6) is 0.705. The van der Waals surface area contributed by atoms with Gasteiger partial charge < -0.3 is 30.2 Å². The number of nitrogens with one attached hydrogen (secondary N) is 1. The maximum Gasteiger partial charge on any atom is 0.282 e. The summed E-state index contributed by atoms with van der Waals surface area (Å²) in [4.78, 5) is 5.27. The molecule has 166 valence electrons. The van der Waals surface area contributed by atoms with Crippen molar-refractivity contribution < 1.29 is 23.1 Å². The number of nitrogens with two attached hydrogens (primary N) is 2. The van der Waals surface area contributed by atoms with Crippen LogP contribution in [0.4, 0.5) is 21.6 Å². The summed E-state index contributed by atoms with van der Waals surface area (Å²) < 4.78 is 35.2. The monoisotopic (exact) mass is 442 g/mol. The van der Waals surface area contributed by atoms with Gasteiger partial charge in [0.05, 0.1) is 32.6 Å². The number of halogens is 1. The predicted molar refractivity (Wildman–Crippen MR) is 113 cm³/mol. The molecule has 0 spiro atoms. The normalized spacial score (nSPS) is 10.8. The van der Waals surface area contributed by atoms with Gasteiger partial charge in [0.2, 0.25) is 11.6 Å². The lowest BCUT2D eigenvalue weighted by atomic mass is 10.2. The molecule has 4 aromatic rings. The molecule has 0 fully saturated rings. The van der Waals surface area contributed by atoms with E-state index in [-0.39, 0.29) is 28.8 Å². The van der Waals surface area contributed by atoms with E-state index in [4.69, 9.17) is 30.2 Å². The molecule has 0 unspecified atom stereocenters. The number of nitrogens with zero attached hydrogens (tertiary/aromatic N) is 5. The first-order valence-electron chi connectivity index (χ1n) is 9.12. The molecule has 5 N–H and O–H groups in total. The fourth-order valence-corrected chi connectivity index (χ4v) is 2.92. The van der Waals surface area contributed by atoms with Gasteiger partial charge in [0.25, 0.3) is 5.89 Å². The Morgan fingerprint density at radius 1 is 1.00 bits per heavy atom. The maximum absolute atomic E-state index is 14.1. The fourth-order valence-electron chi connectivity index (χ4n) is 2.92. The number of aromatic nitrogens is 5. The van der Waals surface area contributed by atoms with Crippen LogP contribution in [0.2, 0.25) is 0 Å². The summed E-state index contributed by atoms with van der Waals surface area (Å²) >= 11 is 0. The van der Waals surface area contributed by atoms with E-state index >= 15 is 0 Å². The topological polar surface area (TPSA) is 161 Å². The zero-order chi connectivity index (χ0) is 22.8. The molecule has 2 aromatic heterocycles. The molecule has 2 aromatic carbocycles. The van der Waals surface area contributed by atoms with Crippen LogP contribution in [0.25, 0.3) is 23.0 Å². The minimum Gasteiger partial charge on any atom is -0.493 e. The molecule has 0 saturated carbocycles. The summed E-state index contributed by atoms with van der Waals surface area (Å²) in [6, 6.07) is 7.36. The van der Waals surface area contributed by atoms with Gasteiger partial charge in [-0.25, -0.2) is 4.39 Å². The molecule has 2 heterocycles. The molecule has 32 heavy (non-hydrogen) atoms. The summed E-state index contributed by atoms with van der Waals surface area (Å²) in [7, 11) is 4.50. The molecule has 0 atom stereocenters. The van der Waals surface area contributed by atoms with Crippen molar-refractivity contribution in [3.63, 3.8) is 0 Å². The van der Waals surface area contributed by atoms with Gasteiger partial charge in [-0.1, -0.05) is 10.1 Å². The highest BCUT2D eigenvalue weighted by Crippen LogP contribution is 2.40. The average molecular weight is 442 g/mol. The second-order valence-corrected chi connectivity index (χ2v) is 6.41. The van der Waals surface area contributed by atoms with E-state index in [9.17, 15) is 4.39 Å². The summed E-state index contributed by atoms with van der Waals surface area (Å²) in [6.45, 7) is 0. The third-order valence-electron chi connectivity index (χ3n) is 4.39. The first-order valence-corrected chi connectivity index (χ1v) is 9.12. The van der Waals surface area contributed by atoms with Gasteiger partial charge in [0.1, 0.15) is 5.82 Å². The second kappa shape index (κ2) is 8.29. The Balaban J connectivity index is 1.63. The van der Waals surface area contributed by atoms with Crippen LogP contribution < -0.4 is 31.1 Å². The Kier molecular flexibility index (Phi) is 5.37. The molecule has 0 saturated heterocycles. The molecule has 0 amide bonds. The molecule has 13 heteroatoms. The van der Waals surface area contributed by atoms with Gasteiger partial charge in [-0.05, 0) is 18.2 Å². The number of benzene rings is 2. The predicted octanol–water partition coefficient (Wildman–Crippen LogP) is 2.20. The largest absolute Gasteiger partial charge is 0.493 e. The highest BCUT2D eigenvalue weighted by molar-refractivity contribution is 5.67. The van der Waals surface area contributed by atoms with Gasteiger partial charge in [0, 0.05) is 17.8 Å². The van der Waals surface area contributed by atoms with Gasteiger partial charge in [-0.15, -0.1) is 10.2 Å². The third-order valence-corrected chi connectivity index (χ3v) is 4.39. The lowest BCUT2D eigenvalue weighted by molar-refractivity contribution is 0.324. The van der Waals surface area contributed by atoms with Crippen molar-refractivity contribution in [1.29, 1.82) is 0 Å². The number of anilines is 3. The molecule has 0 aliphatic heterocycles. The van der Waals surface area contributed by atoms with Crippen molar-refractivity contribution in [2.24, 2.45) is 0 Å². The number of nitrogen functional groups attached to an aromatic ring is 2. The highest BCUT2D eigenvalue weighted by atomic mass is 19.1. The zero-order valence-corrected chi connectivity index (χ0v) is 17.3. The molecule has 0 bridgehead atoms. The number of methoxy groups -OCH3 is 3. The standard InChI is InChI=1S/C19H19FN8O4/c1-29-13-7-10(8-14(30-2)16(13)31-3)24-28-25-15(17(22)26-28)19-23-18(27-32-19)11-6-9(21)4-5-12(11)20/h4-8,24H,21H2,1-3H3,(H2,22,26). The van der Waals surface area contributed by atoms with E-state index in [0.717, 1.165) is 4.91 Å². The Morgan fingerprint density at radius 3 is 2.38 bits per heavy atom. The van der Waals surface area contributed by atoms with Crippen molar-refractivity contribution in [1.82, 2.24) is 25.2 Å². The van der Waals surface area contributed by atoms with Crippen LogP contribution in [0.5, 0.6) is 17.2 Å². The van der Waals surface area contributed by atoms with Crippen LogP contribution in [0.15, 0.2) is 34.9 Å². The Bertz CT molecular complexity index is 1250. The van der Waals surface area contributed by atoms with Crippen LogP contribution in [0.3, 0.4) is 0 Å². The van der Waals surface area contributed by atoms with Crippen LogP contribution in [-0.2, 0) is 0 Å². The van der Waals surface area contributed by atoms with E-state index < -0.39 is 5.82 Å². The minimum absolute atomic E-state index is 0.00339. The zero-order valence-electron chi connectivity index (χ0n) is 17.3. The molecule has 4 rings (SSSR count). The van der Waals surface area contributed by atoms with Crippen LogP contribution in [-0.4, -0.2) is 46.6 Å². The number of hydrogen-bond acceptors (Lipinski definition) is 11. The lowest BCUT2D eigenvalue weighted by Gasteiger charge is -2.14. The van der Waals surface area contributed by atoms with Crippen LogP contribution in [0, 0.1) is 5.82 Å². The summed E-state index contributed by atoms with van der Waals surface area (Å²) in [5.41, 5.74) is 15.7. The molecule has 0 aliphatic rings. The van der Waals surface area contributed by atoms with E-state index in [1.165, 1.54) is 39.5 Å². The van der Waals surface area contributed by atoms with Crippen molar-refractivity contribution in [2.45, 2.75) is 0 Å². The van der Waals surface area contributed by atoms with Crippen molar-refractivity contribution in [3.05, 3.63) is 36.1 Å². The van der Waals surface area contributed by atoms with E-state index in [0.29, 0.717) is 28.6 Å². The average Bonchev–Trinajstić information content (AvgIpc) is 3.41. The van der Waals surface area contributed by atoms with Crippen molar-refractivity contribution >= 4 is 17.2 Å². The van der Waals surface area contributed by atoms with E-state index in [2.05, 4.69) is 25.8 Å². The van der Waals surface area contributed by atoms with Gasteiger partial charge in [-0.2, -0.15) is 4.98 Å². The number of rotatable bonds is 7.